The van der Waals surface area contributed by atoms with E-state index in [2.05, 4.69) is 4.90 Å². The SMILES string of the molecule is O=c1c2ccccc2nc(CN2CCOCC2)n1C[C@H]1CCCCO1. The molecule has 2 aliphatic heterocycles. The Balaban J connectivity index is 1.69. The van der Waals surface area contributed by atoms with Crippen LogP contribution in [0, 0.1) is 0 Å². The summed E-state index contributed by atoms with van der Waals surface area (Å²) in [4.78, 5) is 20.2. The first-order chi connectivity index (χ1) is 12.3. The second kappa shape index (κ2) is 7.64. The second-order valence-electron chi connectivity index (χ2n) is 6.84. The summed E-state index contributed by atoms with van der Waals surface area (Å²) in [5.41, 5.74) is 0.819. The van der Waals surface area contributed by atoms with E-state index in [-0.39, 0.29) is 11.7 Å². The van der Waals surface area contributed by atoms with Gasteiger partial charge in [-0.3, -0.25) is 14.3 Å². The van der Waals surface area contributed by atoms with Gasteiger partial charge in [-0.05, 0) is 31.4 Å². The molecule has 0 unspecified atom stereocenters. The molecule has 0 aliphatic carbocycles. The summed E-state index contributed by atoms with van der Waals surface area (Å²) < 4.78 is 13.1. The van der Waals surface area contributed by atoms with Gasteiger partial charge in [0, 0.05) is 19.7 Å². The summed E-state index contributed by atoms with van der Waals surface area (Å²) in [6, 6.07) is 7.61. The normalized spacial score (nSPS) is 22.3. The first kappa shape index (κ1) is 16.7. The van der Waals surface area contributed by atoms with Gasteiger partial charge < -0.3 is 9.47 Å². The lowest BCUT2D eigenvalue weighted by molar-refractivity contribution is 0.00332. The number of hydrogen-bond donors (Lipinski definition) is 0. The number of nitrogens with zero attached hydrogens (tertiary/aromatic N) is 3. The highest BCUT2D eigenvalue weighted by Crippen LogP contribution is 2.16. The van der Waals surface area contributed by atoms with E-state index in [0.29, 0.717) is 18.5 Å². The van der Waals surface area contributed by atoms with Crippen LogP contribution < -0.4 is 5.56 Å². The van der Waals surface area contributed by atoms with Crippen LogP contribution in [-0.2, 0) is 22.6 Å². The van der Waals surface area contributed by atoms with Crippen LogP contribution in [0.2, 0.25) is 0 Å². The summed E-state index contributed by atoms with van der Waals surface area (Å²) >= 11 is 0. The van der Waals surface area contributed by atoms with Crippen molar-refractivity contribution in [2.75, 3.05) is 32.9 Å². The van der Waals surface area contributed by atoms with E-state index in [1.807, 2.05) is 28.8 Å². The summed E-state index contributed by atoms with van der Waals surface area (Å²) in [5, 5.41) is 0.684. The van der Waals surface area contributed by atoms with Crippen molar-refractivity contribution in [2.24, 2.45) is 0 Å². The van der Waals surface area contributed by atoms with Gasteiger partial charge in [-0.1, -0.05) is 12.1 Å². The van der Waals surface area contributed by atoms with Crippen LogP contribution in [0.25, 0.3) is 10.9 Å². The Kier molecular flexibility index (Phi) is 5.10. The highest BCUT2D eigenvalue weighted by Gasteiger charge is 2.20. The van der Waals surface area contributed by atoms with Gasteiger partial charge in [0.15, 0.2) is 0 Å². The third kappa shape index (κ3) is 3.76. The number of ether oxygens (including phenoxy) is 2. The number of morpholine rings is 1. The molecule has 134 valence electrons. The predicted molar refractivity (Wildman–Crippen MR) is 95.7 cm³/mol. The maximum absolute atomic E-state index is 13.1. The fourth-order valence-electron chi connectivity index (χ4n) is 3.64. The largest absolute Gasteiger partial charge is 0.379 e. The lowest BCUT2D eigenvalue weighted by atomic mass is 10.1. The van der Waals surface area contributed by atoms with Crippen LogP contribution in [0.1, 0.15) is 25.1 Å². The van der Waals surface area contributed by atoms with Crippen LogP contribution in [0.15, 0.2) is 29.1 Å². The van der Waals surface area contributed by atoms with Crippen LogP contribution in [0.5, 0.6) is 0 Å². The zero-order valence-electron chi connectivity index (χ0n) is 14.5. The van der Waals surface area contributed by atoms with Crippen LogP contribution >= 0.6 is 0 Å². The lowest BCUT2D eigenvalue weighted by Crippen LogP contribution is -2.39. The van der Waals surface area contributed by atoms with Crippen molar-refractivity contribution in [1.82, 2.24) is 14.5 Å². The maximum atomic E-state index is 13.1. The molecule has 6 nitrogen and oxygen atoms in total. The van der Waals surface area contributed by atoms with Gasteiger partial charge in [0.05, 0.1) is 43.3 Å². The third-order valence-electron chi connectivity index (χ3n) is 5.07. The summed E-state index contributed by atoms with van der Waals surface area (Å²) in [6.07, 6.45) is 3.40. The number of rotatable bonds is 4. The fourth-order valence-corrected chi connectivity index (χ4v) is 3.64. The summed E-state index contributed by atoms with van der Waals surface area (Å²) in [5.74, 6) is 0.833. The monoisotopic (exact) mass is 343 g/mol. The van der Waals surface area contributed by atoms with Gasteiger partial charge in [-0.15, -0.1) is 0 Å². The molecular formula is C19H25N3O3. The number of aromatic nitrogens is 2. The molecular weight excluding hydrogens is 318 g/mol. The van der Waals surface area contributed by atoms with E-state index in [4.69, 9.17) is 14.5 Å². The minimum atomic E-state index is 0.0445. The first-order valence-corrected chi connectivity index (χ1v) is 9.21. The van der Waals surface area contributed by atoms with Crippen molar-refractivity contribution < 1.29 is 9.47 Å². The van der Waals surface area contributed by atoms with E-state index >= 15 is 0 Å². The minimum Gasteiger partial charge on any atom is -0.379 e. The Labute approximate surface area is 147 Å². The van der Waals surface area contributed by atoms with Crippen LogP contribution in [-0.4, -0.2) is 53.5 Å². The fraction of sp³-hybridized carbons (Fsp3) is 0.579. The molecule has 1 aromatic heterocycles. The number of benzene rings is 1. The summed E-state index contributed by atoms with van der Waals surface area (Å²) in [7, 11) is 0. The van der Waals surface area contributed by atoms with E-state index in [1.54, 1.807) is 0 Å². The Morgan fingerprint density at radius 2 is 1.96 bits per heavy atom. The Morgan fingerprint density at radius 3 is 2.76 bits per heavy atom. The Bertz CT molecular complexity index is 777. The highest BCUT2D eigenvalue weighted by molar-refractivity contribution is 5.77. The van der Waals surface area contributed by atoms with E-state index < -0.39 is 0 Å². The summed E-state index contributed by atoms with van der Waals surface area (Å²) in [6.45, 7) is 5.30. The van der Waals surface area contributed by atoms with Gasteiger partial charge >= 0.3 is 0 Å². The van der Waals surface area contributed by atoms with Crippen LogP contribution in [0.4, 0.5) is 0 Å². The number of hydrogen-bond acceptors (Lipinski definition) is 5. The van der Waals surface area contributed by atoms with Crippen molar-refractivity contribution in [3.8, 4) is 0 Å². The molecule has 0 spiro atoms. The molecule has 3 heterocycles. The lowest BCUT2D eigenvalue weighted by Gasteiger charge is -2.28. The molecule has 2 aromatic rings. The van der Waals surface area contributed by atoms with Gasteiger partial charge in [-0.25, -0.2) is 4.98 Å². The zero-order valence-corrected chi connectivity index (χ0v) is 14.5. The van der Waals surface area contributed by atoms with Gasteiger partial charge in [0.1, 0.15) is 5.82 Å². The van der Waals surface area contributed by atoms with Crippen molar-refractivity contribution in [1.29, 1.82) is 0 Å². The van der Waals surface area contributed by atoms with E-state index in [9.17, 15) is 4.79 Å². The van der Waals surface area contributed by atoms with Gasteiger partial charge in [-0.2, -0.15) is 0 Å². The van der Waals surface area contributed by atoms with E-state index in [1.165, 1.54) is 6.42 Å². The molecule has 4 rings (SSSR count). The zero-order chi connectivity index (χ0) is 17.1. The van der Waals surface area contributed by atoms with Crippen LogP contribution in [0.3, 0.4) is 0 Å². The van der Waals surface area contributed by atoms with Gasteiger partial charge in [0.25, 0.3) is 5.56 Å². The predicted octanol–water partition coefficient (Wildman–Crippen LogP) is 1.80. The molecule has 0 saturated carbocycles. The van der Waals surface area contributed by atoms with Crippen molar-refractivity contribution in [3.05, 3.63) is 40.4 Å². The molecule has 2 aliphatic rings. The van der Waals surface area contributed by atoms with Crippen molar-refractivity contribution >= 4 is 10.9 Å². The molecule has 0 N–H and O–H groups in total. The quantitative estimate of drug-likeness (QED) is 0.847. The average Bonchev–Trinajstić information content (AvgIpc) is 2.67. The molecule has 0 radical (unpaired) electrons. The maximum Gasteiger partial charge on any atom is 0.261 e. The molecule has 1 aromatic carbocycles. The molecule has 1 atom stereocenters. The average molecular weight is 343 g/mol. The van der Waals surface area contributed by atoms with Crippen molar-refractivity contribution in [3.63, 3.8) is 0 Å². The molecule has 25 heavy (non-hydrogen) atoms. The smallest absolute Gasteiger partial charge is 0.261 e. The second-order valence-corrected chi connectivity index (χ2v) is 6.84. The molecule has 0 bridgehead atoms. The Hall–Kier alpha value is -1.76. The topological polar surface area (TPSA) is 56.6 Å². The third-order valence-corrected chi connectivity index (χ3v) is 5.07. The van der Waals surface area contributed by atoms with Gasteiger partial charge in [0.2, 0.25) is 0 Å². The first-order valence-electron chi connectivity index (χ1n) is 9.21. The minimum absolute atomic E-state index is 0.0445. The molecule has 6 heteroatoms. The van der Waals surface area contributed by atoms with E-state index in [0.717, 1.165) is 57.1 Å². The molecule has 2 fully saturated rings. The van der Waals surface area contributed by atoms with Crippen molar-refractivity contribution in [2.45, 2.75) is 38.5 Å². The highest BCUT2D eigenvalue weighted by atomic mass is 16.5. The standard InChI is InChI=1S/C19H25N3O3/c23-19-16-6-1-2-7-17(16)20-18(14-21-8-11-24-12-9-21)22(19)13-15-5-3-4-10-25-15/h1-2,6-7,15H,3-5,8-14H2/t15-/m1/s1. The Morgan fingerprint density at radius 1 is 1.12 bits per heavy atom. The molecule has 2 saturated heterocycles. The number of fused-ring (bicyclic) bond motifs is 1. The number of para-hydroxylation sites is 1. The molecule has 0 amide bonds.